The summed E-state index contributed by atoms with van der Waals surface area (Å²) in [4.78, 5) is 21.1. The van der Waals surface area contributed by atoms with E-state index in [2.05, 4.69) is 41.8 Å². The van der Waals surface area contributed by atoms with Crippen LogP contribution in [0.25, 0.3) is 0 Å². The second-order valence-electron chi connectivity index (χ2n) is 5.29. The minimum Gasteiger partial charge on any atom is -0.389 e. The van der Waals surface area contributed by atoms with Gasteiger partial charge in [-0.05, 0) is 69.4 Å². The summed E-state index contributed by atoms with van der Waals surface area (Å²) in [5, 5.41) is 10.2. The molecular formula is C14H14Br2N2O2S2. The number of nitrogens with zero attached hydrogens (tertiary/aromatic N) is 2. The van der Waals surface area contributed by atoms with Crippen molar-refractivity contribution in [2.24, 2.45) is 0 Å². The van der Waals surface area contributed by atoms with E-state index in [0.717, 1.165) is 26.4 Å². The third-order valence-electron chi connectivity index (χ3n) is 3.41. The molecule has 0 atom stereocenters. The Kier molecular flexibility index (Phi) is 5.44. The van der Waals surface area contributed by atoms with Crippen LogP contribution < -0.4 is 0 Å². The van der Waals surface area contributed by atoms with E-state index in [4.69, 9.17) is 5.11 Å². The van der Waals surface area contributed by atoms with Crippen LogP contribution in [-0.2, 0) is 6.61 Å². The predicted molar refractivity (Wildman–Crippen MR) is 94.9 cm³/mol. The number of aliphatic hydroxyl groups excluding tert-OH is 1. The van der Waals surface area contributed by atoms with Gasteiger partial charge in [-0.15, -0.1) is 22.7 Å². The molecule has 4 nitrogen and oxygen atoms in total. The van der Waals surface area contributed by atoms with Crippen molar-refractivity contribution < 1.29 is 9.90 Å². The van der Waals surface area contributed by atoms with Crippen LogP contribution in [0, 0.1) is 0 Å². The summed E-state index contributed by atoms with van der Waals surface area (Å²) in [6.45, 7) is 0.0655. The minimum absolute atomic E-state index is 0.0655. The molecule has 2 heterocycles. The lowest BCUT2D eigenvalue weighted by Gasteiger charge is -1.86. The summed E-state index contributed by atoms with van der Waals surface area (Å²) in [6.07, 6.45) is 5.87. The van der Waals surface area contributed by atoms with E-state index >= 15 is 0 Å². The molecule has 0 amide bonds. The van der Waals surface area contributed by atoms with Crippen molar-refractivity contribution in [3.05, 3.63) is 29.0 Å². The lowest BCUT2D eigenvalue weighted by atomic mass is 10.4. The maximum absolute atomic E-state index is 10.3. The fraction of sp³-hybridized carbons (Fsp3) is 0.500. The van der Waals surface area contributed by atoms with Crippen LogP contribution in [0.3, 0.4) is 0 Å². The highest BCUT2D eigenvalue weighted by Gasteiger charge is 2.29. The second kappa shape index (κ2) is 7.17. The van der Waals surface area contributed by atoms with Crippen LogP contribution in [0.1, 0.15) is 62.1 Å². The van der Waals surface area contributed by atoms with Gasteiger partial charge in [-0.3, -0.25) is 4.79 Å². The van der Waals surface area contributed by atoms with Gasteiger partial charge in [0.05, 0.1) is 6.61 Å². The maximum atomic E-state index is 10.3. The average molecular weight is 466 g/mol. The molecule has 2 aliphatic rings. The molecule has 1 N–H and O–H groups in total. The largest absolute Gasteiger partial charge is 0.389 e. The monoisotopic (exact) mass is 464 g/mol. The Bertz CT molecular complexity index is 678. The number of halogens is 2. The number of carbonyl (C=O) groups is 1. The zero-order chi connectivity index (χ0) is 15.7. The molecule has 22 heavy (non-hydrogen) atoms. The van der Waals surface area contributed by atoms with Crippen molar-refractivity contribution in [2.45, 2.75) is 44.1 Å². The van der Waals surface area contributed by atoms with Gasteiger partial charge in [0.25, 0.3) is 0 Å². The summed E-state index contributed by atoms with van der Waals surface area (Å²) in [5.74, 6) is 1.40. The molecule has 0 spiro atoms. The molecule has 2 aliphatic carbocycles. The number of aldehydes is 1. The summed E-state index contributed by atoms with van der Waals surface area (Å²) in [7, 11) is 0. The Hall–Kier alpha value is -0.150. The lowest BCUT2D eigenvalue weighted by Crippen LogP contribution is -1.77. The van der Waals surface area contributed by atoms with E-state index in [1.165, 1.54) is 46.8 Å². The van der Waals surface area contributed by atoms with Gasteiger partial charge in [-0.25, -0.2) is 9.97 Å². The Morgan fingerprint density at radius 3 is 2.00 bits per heavy atom. The van der Waals surface area contributed by atoms with Gasteiger partial charge in [0, 0.05) is 9.75 Å². The molecule has 2 aromatic heterocycles. The van der Waals surface area contributed by atoms with E-state index in [1.54, 1.807) is 11.3 Å². The summed E-state index contributed by atoms with van der Waals surface area (Å²) < 4.78 is 1.81. The molecule has 8 heteroatoms. The number of rotatable bonds is 4. The molecular weight excluding hydrogens is 452 g/mol. The topological polar surface area (TPSA) is 63.1 Å². The van der Waals surface area contributed by atoms with E-state index in [1.807, 2.05) is 0 Å². The Morgan fingerprint density at radius 1 is 1.05 bits per heavy atom. The van der Waals surface area contributed by atoms with Crippen LogP contribution in [0.2, 0.25) is 0 Å². The van der Waals surface area contributed by atoms with E-state index < -0.39 is 0 Å². The summed E-state index contributed by atoms with van der Waals surface area (Å²) in [5.41, 5.74) is 0. The van der Waals surface area contributed by atoms with Crippen molar-refractivity contribution in [2.75, 3.05) is 0 Å². The highest BCUT2D eigenvalue weighted by atomic mass is 79.9. The Morgan fingerprint density at radius 2 is 1.59 bits per heavy atom. The first kappa shape index (κ1) is 16.7. The minimum atomic E-state index is 0.0655. The van der Waals surface area contributed by atoms with Crippen molar-refractivity contribution in [3.8, 4) is 0 Å². The maximum Gasteiger partial charge on any atom is 0.178 e. The van der Waals surface area contributed by atoms with Gasteiger partial charge in [0.1, 0.15) is 14.2 Å². The van der Waals surface area contributed by atoms with Crippen LogP contribution in [0.15, 0.2) is 9.21 Å². The molecule has 118 valence electrons. The third kappa shape index (κ3) is 4.03. The second-order valence-corrected chi connectivity index (χ2v) is 8.97. The predicted octanol–water partition coefficient (Wildman–Crippen LogP) is 4.87. The molecule has 2 aromatic rings. The van der Waals surface area contributed by atoms with Gasteiger partial charge in [0.2, 0.25) is 0 Å². The SMILES string of the molecule is O=Cc1nc(Br)c(C2CC2)s1.OCc1nc(Br)c(C2CC2)s1. The first-order valence-corrected chi connectivity index (χ1v) is 10.2. The number of hydrogen-bond donors (Lipinski definition) is 1. The highest BCUT2D eigenvalue weighted by Crippen LogP contribution is 2.46. The Labute approximate surface area is 153 Å². The molecule has 0 radical (unpaired) electrons. The van der Waals surface area contributed by atoms with Gasteiger partial charge < -0.3 is 5.11 Å². The van der Waals surface area contributed by atoms with Crippen molar-refractivity contribution >= 4 is 60.8 Å². The first-order chi connectivity index (χ1) is 10.6. The fourth-order valence-corrected chi connectivity index (χ4v) is 5.70. The van der Waals surface area contributed by atoms with Gasteiger partial charge in [-0.2, -0.15) is 0 Å². The highest BCUT2D eigenvalue weighted by molar-refractivity contribution is 9.10. The molecule has 4 rings (SSSR count). The van der Waals surface area contributed by atoms with Gasteiger partial charge >= 0.3 is 0 Å². The average Bonchev–Trinajstić information content (AvgIpc) is 3.44. The molecule has 0 bridgehead atoms. The van der Waals surface area contributed by atoms with Crippen molar-refractivity contribution in [1.29, 1.82) is 0 Å². The normalized spacial score (nSPS) is 17.0. The van der Waals surface area contributed by atoms with E-state index in [0.29, 0.717) is 10.9 Å². The van der Waals surface area contributed by atoms with Crippen molar-refractivity contribution in [3.63, 3.8) is 0 Å². The zero-order valence-corrected chi connectivity index (χ0v) is 16.4. The smallest absolute Gasteiger partial charge is 0.178 e. The molecule has 2 saturated carbocycles. The molecule has 0 aromatic carbocycles. The first-order valence-electron chi connectivity index (χ1n) is 6.99. The molecule has 0 saturated heterocycles. The third-order valence-corrected chi connectivity index (χ3v) is 7.49. The molecule has 0 aliphatic heterocycles. The van der Waals surface area contributed by atoms with E-state index in [-0.39, 0.29) is 6.61 Å². The Balaban J connectivity index is 0.000000131. The van der Waals surface area contributed by atoms with Crippen LogP contribution in [0.4, 0.5) is 0 Å². The summed E-state index contributed by atoms with van der Waals surface area (Å²) >= 11 is 9.85. The quantitative estimate of drug-likeness (QED) is 0.654. The number of aromatic nitrogens is 2. The lowest BCUT2D eigenvalue weighted by molar-refractivity contribution is 0.112. The van der Waals surface area contributed by atoms with Crippen LogP contribution in [0.5, 0.6) is 0 Å². The van der Waals surface area contributed by atoms with E-state index in [9.17, 15) is 4.79 Å². The standard InChI is InChI=1S/C7H8BrNOS.C7H6BrNOS/c2*8-7-6(4-1-2-4)11-5(3-10)9-7/h4,10H,1-3H2;3-4H,1-2H2. The van der Waals surface area contributed by atoms with Crippen molar-refractivity contribution in [1.82, 2.24) is 9.97 Å². The zero-order valence-electron chi connectivity index (χ0n) is 11.6. The fourth-order valence-electron chi connectivity index (χ4n) is 2.00. The number of carbonyl (C=O) groups excluding carboxylic acids is 1. The molecule has 2 fully saturated rings. The van der Waals surface area contributed by atoms with Gasteiger partial charge in [0.15, 0.2) is 11.3 Å². The molecule has 0 unspecified atom stereocenters. The van der Waals surface area contributed by atoms with Crippen LogP contribution in [-0.4, -0.2) is 21.4 Å². The van der Waals surface area contributed by atoms with Gasteiger partial charge in [-0.1, -0.05) is 0 Å². The number of aliphatic hydroxyl groups is 1. The number of hydrogen-bond acceptors (Lipinski definition) is 6. The van der Waals surface area contributed by atoms with Crippen LogP contribution >= 0.6 is 54.5 Å². The summed E-state index contributed by atoms with van der Waals surface area (Å²) in [6, 6.07) is 0. The number of thiazole rings is 2.